The zero-order valence-electron chi connectivity index (χ0n) is 27.6. The highest BCUT2D eigenvalue weighted by atomic mass is 35.5. The van der Waals surface area contributed by atoms with E-state index in [1.807, 2.05) is 31.2 Å². The molecule has 0 unspecified atom stereocenters. The molecule has 1 spiro atoms. The number of nitrogens with zero attached hydrogens (tertiary/aromatic N) is 2. The average Bonchev–Trinajstić information content (AvgIpc) is 3.15. The summed E-state index contributed by atoms with van der Waals surface area (Å²) in [6, 6.07) is 10.9. The van der Waals surface area contributed by atoms with Gasteiger partial charge in [0.2, 0.25) is 0 Å². The summed E-state index contributed by atoms with van der Waals surface area (Å²) in [4.78, 5) is 30.2. The van der Waals surface area contributed by atoms with Crippen molar-refractivity contribution in [2.24, 2.45) is 11.8 Å². The first-order valence-corrected chi connectivity index (χ1v) is 18.4. The van der Waals surface area contributed by atoms with E-state index >= 15 is 0 Å². The standard InChI is InChI=1S/C35H45ClN4O6S/c1-5-37-33(42)46-30-9-7-17-39(4)34(2,3)32(41)38-47(43,44)26-12-15-31-29(19-26)40(20-24-10-13-27(24)30)21-35(22-45-31)16-6-8-23-18-25(36)11-14-28(23)35/h7,9,11-12,14-15,18-19,24,27,30H,5-6,8,10,13,16-17,20-22H2,1-4H3,(H,37,42)(H,38,41)/b9-7+/t24-,27+,30-,35-/m0/s1. The molecule has 2 aromatic carbocycles. The van der Waals surface area contributed by atoms with E-state index in [2.05, 4.69) is 21.0 Å². The smallest absolute Gasteiger partial charge is 0.407 e. The van der Waals surface area contributed by atoms with E-state index < -0.39 is 33.7 Å². The Bertz CT molecular complexity index is 1680. The lowest BCUT2D eigenvalue weighted by atomic mass is 9.68. The van der Waals surface area contributed by atoms with Crippen LogP contribution in [-0.2, 0) is 31.4 Å². The molecular formula is C35H45ClN4O6S. The lowest BCUT2D eigenvalue weighted by Crippen LogP contribution is -2.54. The number of carbonyl (C=O) groups excluding carboxylic acids is 2. The highest BCUT2D eigenvalue weighted by Crippen LogP contribution is 2.47. The van der Waals surface area contributed by atoms with E-state index in [0.717, 1.165) is 32.1 Å². The lowest BCUT2D eigenvalue weighted by molar-refractivity contribution is -0.128. The molecule has 2 bridgehead atoms. The van der Waals surface area contributed by atoms with Crippen molar-refractivity contribution in [2.75, 3.05) is 44.7 Å². The van der Waals surface area contributed by atoms with Gasteiger partial charge >= 0.3 is 6.09 Å². The van der Waals surface area contributed by atoms with Crippen LogP contribution >= 0.6 is 11.6 Å². The second-order valence-corrected chi connectivity index (χ2v) is 16.1. The SMILES string of the molecule is CCNC(=O)O[C@H]1/C=C/CN(C)C(C)(C)C(=O)NS(=O)(=O)c2ccc3c(c2)N(C[C@@H]2CC[C@H]21)C[C@@]1(CCCc2cc(Cl)ccc21)CO3. The minimum absolute atomic E-state index is 0.00183. The molecule has 0 saturated heterocycles. The van der Waals surface area contributed by atoms with Gasteiger partial charge in [0.05, 0.1) is 22.7 Å². The summed E-state index contributed by atoms with van der Waals surface area (Å²) < 4.78 is 42.3. The van der Waals surface area contributed by atoms with Crippen molar-refractivity contribution in [1.82, 2.24) is 14.9 Å². The molecule has 12 heteroatoms. The van der Waals surface area contributed by atoms with Gasteiger partial charge in [0.25, 0.3) is 15.9 Å². The molecule has 4 atom stereocenters. The van der Waals surface area contributed by atoms with E-state index in [1.54, 1.807) is 37.9 Å². The van der Waals surface area contributed by atoms with Crippen LogP contribution in [0.1, 0.15) is 57.6 Å². The third-order valence-corrected chi connectivity index (χ3v) is 12.2. The second kappa shape index (κ2) is 13.0. The zero-order chi connectivity index (χ0) is 33.6. The largest absolute Gasteiger partial charge is 0.490 e. The van der Waals surface area contributed by atoms with E-state index in [-0.39, 0.29) is 22.1 Å². The number of rotatable bonds is 2. The highest BCUT2D eigenvalue weighted by Gasteiger charge is 2.45. The number of sulfonamides is 1. The normalized spacial score (nSPS) is 29.2. The molecule has 2 aliphatic heterocycles. The van der Waals surface area contributed by atoms with Crippen LogP contribution in [0.3, 0.4) is 0 Å². The van der Waals surface area contributed by atoms with Crippen LogP contribution in [-0.4, -0.2) is 76.8 Å². The van der Waals surface area contributed by atoms with Crippen LogP contribution in [0.2, 0.25) is 5.02 Å². The maximum atomic E-state index is 13.7. The quantitative estimate of drug-likeness (QED) is 0.423. The monoisotopic (exact) mass is 684 g/mol. The average molecular weight is 685 g/mol. The highest BCUT2D eigenvalue weighted by molar-refractivity contribution is 7.90. The zero-order valence-corrected chi connectivity index (χ0v) is 29.1. The van der Waals surface area contributed by atoms with E-state index in [4.69, 9.17) is 21.1 Å². The molecule has 6 rings (SSSR count). The van der Waals surface area contributed by atoms with Crippen molar-refractivity contribution in [3.63, 3.8) is 0 Å². The number of carbonyl (C=O) groups is 2. The molecule has 1 saturated carbocycles. The predicted octanol–water partition coefficient (Wildman–Crippen LogP) is 5.04. The Morgan fingerprint density at radius 3 is 2.74 bits per heavy atom. The molecule has 47 heavy (non-hydrogen) atoms. The van der Waals surface area contributed by atoms with Crippen LogP contribution in [0.4, 0.5) is 10.5 Å². The van der Waals surface area contributed by atoms with Crippen molar-refractivity contribution in [2.45, 2.75) is 74.8 Å². The van der Waals surface area contributed by atoms with Gasteiger partial charge in [-0.3, -0.25) is 9.69 Å². The number of halogens is 1. The molecule has 10 nitrogen and oxygen atoms in total. The van der Waals surface area contributed by atoms with Gasteiger partial charge in [-0.2, -0.15) is 0 Å². The Morgan fingerprint density at radius 1 is 1.19 bits per heavy atom. The number of benzene rings is 2. The van der Waals surface area contributed by atoms with Gasteiger partial charge in [-0.25, -0.2) is 17.9 Å². The lowest BCUT2D eigenvalue weighted by Gasteiger charge is -2.46. The number of amides is 2. The Hall–Kier alpha value is -3.28. The Labute approximate surface area is 282 Å². The third-order valence-electron chi connectivity index (χ3n) is 10.7. The molecule has 0 aromatic heterocycles. The number of hydrogen-bond donors (Lipinski definition) is 2. The van der Waals surface area contributed by atoms with Gasteiger partial charge < -0.3 is 19.7 Å². The van der Waals surface area contributed by atoms with Gasteiger partial charge in [0, 0.05) is 42.5 Å². The first kappa shape index (κ1) is 33.6. The molecule has 2 N–H and O–H groups in total. The fourth-order valence-corrected chi connectivity index (χ4v) is 8.76. The minimum atomic E-state index is -4.20. The van der Waals surface area contributed by atoms with Gasteiger partial charge in [0.15, 0.2) is 0 Å². The number of ether oxygens (including phenoxy) is 2. The number of anilines is 1. The van der Waals surface area contributed by atoms with Crippen molar-refractivity contribution >= 4 is 39.3 Å². The van der Waals surface area contributed by atoms with Crippen LogP contribution in [0.25, 0.3) is 0 Å². The maximum Gasteiger partial charge on any atom is 0.407 e. The number of alkyl carbamates (subject to hydrolysis) is 1. The van der Waals surface area contributed by atoms with E-state index in [0.29, 0.717) is 49.2 Å². The van der Waals surface area contributed by atoms with Gasteiger partial charge in [-0.15, -0.1) is 0 Å². The van der Waals surface area contributed by atoms with Crippen LogP contribution in [0, 0.1) is 11.8 Å². The van der Waals surface area contributed by atoms with Crippen molar-refractivity contribution in [1.29, 1.82) is 0 Å². The number of hydrogen-bond acceptors (Lipinski definition) is 8. The van der Waals surface area contributed by atoms with Crippen molar-refractivity contribution in [3.8, 4) is 5.75 Å². The fraction of sp³-hybridized carbons (Fsp3) is 0.543. The first-order valence-electron chi connectivity index (χ1n) is 16.5. The molecule has 2 aromatic rings. The molecule has 2 aliphatic carbocycles. The van der Waals surface area contributed by atoms with Gasteiger partial charge in [-0.1, -0.05) is 23.7 Å². The fourth-order valence-electron chi connectivity index (χ4n) is 7.44. The van der Waals surface area contributed by atoms with E-state index in [1.165, 1.54) is 17.2 Å². The summed E-state index contributed by atoms with van der Waals surface area (Å²) in [6.45, 7) is 7.70. The molecule has 2 heterocycles. The summed E-state index contributed by atoms with van der Waals surface area (Å²) in [5.41, 5.74) is 1.60. The second-order valence-electron chi connectivity index (χ2n) is 13.9. The summed E-state index contributed by atoms with van der Waals surface area (Å²) in [7, 11) is -2.44. The van der Waals surface area contributed by atoms with Crippen molar-refractivity contribution < 1.29 is 27.5 Å². The van der Waals surface area contributed by atoms with Crippen LogP contribution in [0.15, 0.2) is 53.4 Å². The van der Waals surface area contributed by atoms with Crippen molar-refractivity contribution in [3.05, 3.63) is 64.7 Å². The number of fused-ring (bicyclic) bond motifs is 4. The Kier molecular flexibility index (Phi) is 9.28. The maximum absolute atomic E-state index is 13.7. The molecule has 4 aliphatic rings. The molecular weight excluding hydrogens is 640 g/mol. The molecule has 1 fully saturated rings. The number of aryl methyl sites for hydroxylation is 1. The molecule has 254 valence electrons. The molecule has 0 radical (unpaired) electrons. The molecule has 2 amide bonds. The van der Waals surface area contributed by atoms with E-state index in [9.17, 15) is 18.0 Å². The Morgan fingerprint density at radius 2 is 2.00 bits per heavy atom. The predicted molar refractivity (Wildman–Crippen MR) is 182 cm³/mol. The third kappa shape index (κ3) is 6.58. The minimum Gasteiger partial charge on any atom is -0.490 e. The topological polar surface area (TPSA) is 117 Å². The van der Waals surface area contributed by atoms with Crippen LogP contribution in [0.5, 0.6) is 5.75 Å². The summed E-state index contributed by atoms with van der Waals surface area (Å²) >= 11 is 6.42. The summed E-state index contributed by atoms with van der Waals surface area (Å²) in [6.07, 6.45) is 7.56. The summed E-state index contributed by atoms with van der Waals surface area (Å²) in [5, 5.41) is 3.46. The first-order chi connectivity index (χ1) is 22.3. The Balaban J connectivity index is 1.44. The number of likely N-dealkylation sites (N-methyl/N-ethyl adjacent to an activating group) is 1. The van der Waals surface area contributed by atoms with Crippen LogP contribution < -0.4 is 19.7 Å². The summed E-state index contributed by atoms with van der Waals surface area (Å²) in [5.74, 6) is 0.197. The number of nitrogens with one attached hydrogen (secondary N) is 2. The van der Waals surface area contributed by atoms with Gasteiger partial charge in [-0.05, 0) is 113 Å². The van der Waals surface area contributed by atoms with Gasteiger partial charge in [0.1, 0.15) is 11.9 Å².